The lowest BCUT2D eigenvalue weighted by atomic mass is 10.1. The van der Waals surface area contributed by atoms with Crippen molar-refractivity contribution in [3.05, 3.63) is 63.3 Å². The molecule has 1 unspecified atom stereocenters. The van der Waals surface area contributed by atoms with Gasteiger partial charge in [-0.25, -0.2) is 4.39 Å². The predicted molar refractivity (Wildman–Crippen MR) is 82.3 cm³/mol. The van der Waals surface area contributed by atoms with E-state index in [0.717, 1.165) is 10.2 Å². The molecule has 1 nitrogen and oxygen atoms in total. The normalized spacial score (nSPS) is 12.2. The van der Waals surface area contributed by atoms with E-state index in [-0.39, 0.29) is 11.9 Å². The SMILES string of the molecule is CC(Cc1ccccc1F)Nc1cccc(Cl)c1Br. The second-order valence-corrected chi connectivity index (χ2v) is 5.64. The van der Waals surface area contributed by atoms with E-state index < -0.39 is 0 Å². The highest BCUT2D eigenvalue weighted by Gasteiger charge is 2.10. The zero-order chi connectivity index (χ0) is 13.8. The number of benzene rings is 2. The minimum absolute atomic E-state index is 0.103. The van der Waals surface area contributed by atoms with Crippen LogP contribution in [-0.4, -0.2) is 6.04 Å². The molecule has 0 aliphatic heterocycles. The van der Waals surface area contributed by atoms with E-state index in [0.29, 0.717) is 17.0 Å². The third-order valence-corrected chi connectivity index (χ3v) is 4.24. The molecule has 0 fully saturated rings. The zero-order valence-electron chi connectivity index (χ0n) is 10.5. The molecular weight excluding hydrogens is 329 g/mol. The van der Waals surface area contributed by atoms with Gasteiger partial charge in [-0.3, -0.25) is 0 Å². The van der Waals surface area contributed by atoms with Gasteiger partial charge >= 0.3 is 0 Å². The smallest absolute Gasteiger partial charge is 0.126 e. The molecule has 19 heavy (non-hydrogen) atoms. The molecule has 0 saturated carbocycles. The van der Waals surface area contributed by atoms with Gasteiger partial charge in [-0.15, -0.1) is 0 Å². The standard InChI is InChI=1S/C15H14BrClFN/c1-10(9-11-5-2-3-7-13(11)18)19-14-8-4-6-12(17)15(14)16/h2-8,10,19H,9H2,1H3. The van der Waals surface area contributed by atoms with E-state index >= 15 is 0 Å². The van der Waals surface area contributed by atoms with Crippen molar-refractivity contribution in [1.82, 2.24) is 0 Å². The van der Waals surface area contributed by atoms with Crippen molar-refractivity contribution >= 4 is 33.2 Å². The van der Waals surface area contributed by atoms with E-state index in [1.165, 1.54) is 6.07 Å². The molecule has 0 saturated heterocycles. The van der Waals surface area contributed by atoms with E-state index in [1.807, 2.05) is 31.2 Å². The lowest BCUT2D eigenvalue weighted by molar-refractivity contribution is 0.601. The lowest BCUT2D eigenvalue weighted by Crippen LogP contribution is -2.19. The van der Waals surface area contributed by atoms with Gasteiger partial charge in [-0.2, -0.15) is 0 Å². The molecule has 0 amide bonds. The fourth-order valence-electron chi connectivity index (χ4n) is 1.93. The summed E-state index contributed by atoms with van der Waals surface area (Å²) in [6.07, 6.45) is 0.617. The quantitative estimate of drug-likeness (QED) is 0.796. The Kier molecular flexibility index (Phi) is 4.83. The van der Waals surface area contributed by atoms with Gasteiger partial charge in [0, 0.05) is 6.04 Å². The van der Waals surface area contributed by atoms with Gasteiger partial charge in [0.1, 0.15) is 5.82 Å². The summed E-state index contributed by atoms with van der Waals surface area (Å²) in [4.78, 5) is 0. The minimum Gasteiger partial charge on any atom is -0.381 e. The van der Waals surface area contributed by atoms with Crippen LogP contribution in [0.4, 0.5) is 10.1 Å². The Labute approximate surface area is 125 Å². The first-order valence-electron chi connectivity index (χ1n) is 6.02. The van der Waals surface area contributed by atoms with Crippen molar-refractivity contribution in [2.24, 2.45) is 0 Å². The molecule has 2 aromatic rings. The Bertz CT molecular complexity index is 574. The topological polar surface area (TPSA) is 12.0 Å². The van der Waals surface area contributed by atoms with Crippen molar-refractivity contribution in [1.29, 1.82) is 0 Å². The van der Waals surface area contributed by atoms with Crippen LogP contribution in [0.3, 0.4) is 0 Å². The molecule has 0 heterocycles. The van der Waals surface area contributed by atoms with Crippen LogP contribution in [0, 0.1) is 5.82 Å². The molecular formula is C15H14BrClFN. The number of hydrogen-bond donors (Lipinski definition) is 1. The highest BCUT2D eigenvalue weighted by atomic mass is 79.9. The Morgan fingerprint density at radius 3 is 2.68 bits per heavy atom. The number of nitrogens with one attached hydrogen (secondary N) is 1. The van der Waals surface area contributed by atoms with E-state index in [4.69, 9.17) is 11.6 Å². The van der Waals surface area contributed by atoms with Gasteiger partial charge in [0.05, 0.1) is 15.2 Å². The van der Waals surface area contributed by atoms with Crippen LogP contribution in [0.15, 0.2) is 46.9 Å². The third-order valence-electron chi connectivity index (χ3n) is 2.84. The van der Waals surface area contributed by atoms with Crippen LogP contribution in [0.5, 0.6) is 0 Å². The van der Waals surface area contributed by atoms with Crippen LogP contribution >= 0.6 is 27.5 Å². The third kappa shape index (κ3) is 3.71. The predicted octanol–water partition coefficient (Wildman–Crippen LogP) is 5.28. The maximum absolute atomic E-state index is 13.6. The summed E-state index contributed by atoms with van der Waals surface area (Å²) in [6, 6.07) is 12.6. The summed E-state index contributed by atoms with van der Waals surface area (Å²) in [5, 5.41) is 3.98. The van der Waals surface area contributed by atoms with Gasteiger partial charge < -0.3 is 5.32 Å². The Morgan fingerprint density at radius 1 is 1.21 bits per heavy atom. The minimum atomic E-state index is -0.165. The van der Waals surface area contributed by atoms with Gasteiger partial charge in [0.2, 0.25) is 0 Å². The van der Waals surface area contributed by atoms with Gasteiger partial charge in [0.15, 0.2) is 0 Å². The van der Waals surface area contributed by atoms with Crippen LogP contribution in [0.25, 0.3) is 0 Å². The van der Waals surface area contributed by atoms with Gasteiger partial charge in [-0.1, -0.05) is 35.9 Å². The summed E-state index contributed by atoms with van der Waals surface area (Å²) < 4.78 is 14.4. The molecule has 4 heteroatoms. The molecule has 2 aromatic carbocycles. The fraction of sp³-hybridized carbons (Fsp3) is 0.200. The molecule has 1 N–H and O–H groups in total. The maximum atomic E-state index is 13.6. The molecule has 100 valence electrons. The molecule has 0 aliphatic carbocycles. The number of anilines is 1. The fourth-order valence-corrected chi connectivity index (χ4v) is 2.48. The van der Waals surface area contributed by atoms with E-state index in [1.54, 1.807) is 12.1 Å². The van der Waals surface area contributed by atoms with Crippen molar-refractivity contribution in [3.8, 4) is 0 Å². The zero-order valence-corrected chi connectivity index (χ0v) is 12.8. The highest BCUT2D eigenvalue weighted by Crippen LogP contribution is 2.30. The Balaban J connectivity index is 2.08. The Morgan fingerprint density at radius 2 is 1.95 bits per heavy atom. The summed E-state index contributed by atoms with van der Waals surface area (Å²) in [5.74, 6) is -0.165. The van der Waals surface area contributed by atoms with Crippen molar-refractivity contribution < 1.29 is 4.39 Å². The van der Waals surface area contributed by atoms with Crippen LogP contribution in [-0.2, 0) is 6.42 Å². The number of halogens is 3. The first-order chi connectivity index (χ1) is 9.08. The molecule has 0 spiro atoms. The first-order valence-corrected chi connectivity index (χ1v) is 7.19. The second-order valence-electron chi connectivity index (χ2n) is 4.44. The largest absolute Gasteiger partial charge is 0.381 e. The number of hydrogen-bond acceptors (Lipinski definition) is 1. The average molecular weight is 343 g/mol. The first kappa shape index (κ1) is 14.4. The van der Waals surface area contributed by atoms with Crippen LogP contribution in [0.2, 0.25) is 5.02 Å². The maximum Gasteiger partial charge on any atom is 0.126 e. The molecule has 1 atom stereocenters. The van der Waals surface area contributed by atoms with Crippen LogP contribution in [0.1, 0.15) is 12.5 Å². The Hall–Kier alpha value is -1.06. The van der Waals surface area contributed by atoms with Crippen molar-refractivity contribution in [2.45, 2.75) is 19.4 Å². The van der Waals surface area contributed by atoms with Gasteiger partial charge in [-0.05, 0) is 53.0 Å². The molecule has 0 aliphatic rings. The van der Waals surface area contributed by atoms with Crippen molar-refractivity contribution in [2.75, 3.05) is 5.32 Å². The van der Waals surface area contributed by atoms with Crippen LogP contribution < -0.4 is 5.32 Å². The van der Waals surface area contributed by atoms with E-state index in [2.05, 4.69) is 21.2 Å². The second kappa shape index (κ2) is 6.40. The molecule has 0 radical (unpaired) electrons. The summed E-state index contributed by atoms with van der Waals surface area (Å²) >= 11 is 9.48. The van der Waals surface area contributed by atoms with Gasteiger partial charge in [0.25, 0.3) is 0 Å². The average Bonchev–Trinajstić information content (AvgIpc) is 2.38. The highest BCUT2D eigenvalue weighted by molar-refractivity contribution is 9.10. The van der Waals surface area contributed by atoms with Crippen molar-refractivity contribution in [3.63, 3.8) is 0 Å². The molecule has 2 rings (SSSR count). The molecule has 0 bridgehead atoms. The lowest BCUT2D eigenvalue weighted by Gasteiger charge is -2.17. The van der Waals surface area contributed by atoms with E-state index in [9.17, 15) is 4.39 Å². The summed E-state index contributed by atoms with van der Waals surface area (Å²) in [5.41, 5.74) is 1.62. The summed E-state index contributed by atoms with van der Waals surface area (Å²) in [6.45, 7) is 2.01. The monoisotopic (exact) mass is 341 g/mol. The summed E-state index contributed by atoms with van der Waals surface area (Å²) in [7, 11) is 0. The number of rotatable bonds is 4. The molecule has 0 aromatic heterocycles.